The maximum atomic E-state index is 6.06. The molecule has 5 heteroatoms. The highest BCUT2D eigenvalue weighted by molar-refractivity contribution is 6.42. The number of halogens is 2. The zero-order valence-electron chi connectivity index (χ0n) is 14.1. The third-order valence-corrected chi connectivity index (χ3v) is 4.41. The lowest BCUT2D eigenvalue weighted by molar-refractivity contribution is 0.280. The van der Waals surface area contributed by atoms with E-state index in [1.165, 1.54) is 6.42 Å². The van der Waals surface area contributed by atoms with Crippen molar-refractivity contribution in [3.63, 3.8) is 0 Å². The number of hydrogen-bond donors (Lipinski definition) is 1. The van der Waals surface area contributed by atoms with Gasteiger partial charge in [0.25, 0.3) is 0 Å². The van der Waals surface area contributed by atoms with Gasteiger partial charge in [0.1, 0.15) is 6.61 Å². The second kappa shape index (κ2) is 9.77. The van der Waals surface area contributed by atoms with Crippen LogP contribution in [-0.2, 0) is 13.2 Å². The second-order valence-corrected chi connectivity index (χ2v) is 6.33. The van der Waals surface area contributed by atoms with E-state index < -0.39 is 0 Å². The molecule has 0 aliphatic rings. The first-order valence-corrected chi connectivity index (χ1v) is 8.84. The summed E-state index contributed by atoms with van der Waals surface area (Å²) in [6.45, 7) is 4.31. The van der Waals surface area contributed by atoms with Crippen molar-refractivity contribution in [2.75, 3.05) is 13.7 Å². The highest BCUT2D eigenvalue weighted by atomic mass is 35.5. The predicted molar refractivity (Wildman–Crippen MR) is 100 cm³/mol. The molecule has 0 saturated carbocycles. The molecule has 0 atom stereocenters. The van der Waals surface area contributed by atoms with Gasteiger partial charge in [0.2, 0.25) is 0 Å². The van der Waals surface area contributed by atoms with E-state index in [9.17, 15) is 0 Å². The number of para-hydroxylation sites is 1. The van der Waals surface area contributed by atoms with Crippen LogP contribution in [0.15, 0.2) is 36.4 Å². The van der Waals surface area contributed by atoms with Gasteiger partial charge in [-0.3, -0.25) is 0 Å². The van der Waals surface area contributed by atoms with E-state index in [1.807, 2.05) is 30.3 Å². The van der Waals surface area contributed by atoms with Gasteiger partial charge in [0.15, 0.2) is 11.5 Å². The lowest BCUT2D eigenvalue weighted by Crippen LogP contribution is -2.15. The van der Waals surface area contributed by atoms with Gasteiger partial charge in [-0.15, -0.1) is 0 Å². The number of unbranched alkanes of at least 4 members (excludes halogenated alkanes) is 1. The average molecular weight is 368 g/mol. The van der Waals surface area contributed by atoms with Crippen LogP contribution in [0.5, 0.6) is 11.5 Å². The van der Waals surface area contributed by atoms with Crippen LogP contribution in [0.3, 0.4) is 0 Å². The molecule has 24 heavy (non-hydrogen) atoms. The third kappa shape index (κ3) is 5.30. The van der Waals surface area contributed by atoms with Gasteiger partial charge >= 0.3 is 0 Å². The van der Waals surface area contributed by atoms with E-state index >= 15 is 0 Å². The number of nitrogens with one attached hydrogen (secondary N) is 1. The SMILES string of the molecule is CCCCNCc1cccc(OC)c1OCc1ccc(Cl)c(Cl)c1. The van der Waals surface area contributed by atoms with Crippen LogP contribution < -0.4 is 14.8 Å². The molecule has 0 bridgehead atoms. The smallest absolute Gasteiger partial charge is 0.166 e. The Bertz CT molecular complexity index is 662. The van der Waals surface area contributed by atoms with Crippen molar-refractivity contribution in [2.45, 2.75) is 32.9 Å². The molecule has 0 radical (unpaired) electrons. The number of benzene rings is 2. The number of hydrogen-bond acceptors (Lipinski definition) is 3. The molecule has 0 unspecified atom stereocenters. The average Bonchev–Trinajstić information content (AvgIpc) is 2.60. The summed E-state index contributed by atoms with van der Waals surface area (Å²) in [5.74, 6) is 1.49. The van der Waals surface area contributed by atoms with E-state index in [2.05, 4.69) is 12.2 Å². The van der Waals surface area contributed by atoms with Crippen LogP contribution >= 0.6 is 23.2 Å². The normalized spacial score (nSPS) is 10.7. The van der Waals surface area contributed by atoms with Crippen molar-refractivity contribution >= 4 is 23.2 Å². The Morgan fingerprint density at radius 2 is 1.92 bits per heavy atom. The van der Waals surface area contributed by atoms with E-state index in [0.29, 0.717) is 16.7 Å². The van der Waals surface area contributed by atoms with Crippen molar-refractivity contribution in [3.8, 4) is 11.5 Å². The van der Waals surface area contributed by atoms with Crippen molar-refractivity contribution in [2.24, 2.45) is 0 Å². The molecular formula is C19H23Cl2NO2. The number of ether oxygens (including phenoxy) is 2. The van der Waals surface area contributed by atoms with Gasteiger partial charge < -0.3 is 14.8 Å². The highest BCUT2D eigenvalue weighted by Gasteiger charge is 2.11. The molecule has 1 N–H and O–H groups in total. The molecule has 0 heterocycles. The fraction of sp³-hybridized carbons (Fsp3) is 0.368. The van der Waals surface area contributed by atoms with Crippen LogP contribution in [0.2, 0.25) is 10.0 Å². The van der Waals surface area contributed by atoms with Gasteiger partial charge in [-0.25, -0.2) is 0 Å². The monoisotopic (exact) mass is 367 g/mol. The molecule has 0 aliphatic carbocycles. The van der Waals surface area contributed by atoms with Crippen molar-refractivity contribution in [1.29, 1.82) is 0 Å². The van der Waals surface area contributed by atoms with Crippen molar-refractivity contribution < 1.29 is 9.47 Å². The summed E-state index contributed by atoms with van der Waals surface area (Å²) in [5.41, 5.74) is 2.03. The van der Waals surface area contributed by atoms with E-state index in [1.54, 1.807) is 13.2 Å². The van der Waals surface area contributed by atoms with Crippen LogP contribution in [0.4, 0.5) is 0 Å². The Hall–Kier alpha value is -1.42. The van der Waals surface area contributed by atoms with E-state index in [0.717, 1.165) is 42.1 Å². The zero-order valence-corrected chi connectivity index (χ0v) is 15.6. The minimum absolute atomic E-state index is 0.402. The molecule has 0 spiro atoms. The maximum absolute atomic E-state index is 6.06. The topological polar surface area (TPSA) is 30.5 Å². The largest absolute Gasteiger partial charge is 0.493 e. The molecule has 2 aromatic rings. The molecule has 0 fully saturated rings. The zero-order chi connectivity index (χ0) is 17.4. The Labute approximate surface area is 153 Å². The van der Waals surface area contributed by atoms with Crippen LogP contribution in [0.1, 0.15) is 30.9 Å². The quantitative estimate of drug-likeness (QED) is 0.596. The van der Waals surface area contributed by atoms with E-state index in [-0.39, 0.29) is 0 Å². The number of methoxy groups -OCH3 is 1. The first-order chi connectivity index (χ1) is 11.7. The fourth-order valence-electron chi connectivity index (χ4n) is 2.33. The highest BCUT2D eigenvalue weighted by Crippen LogP contribution is 2.32. The molecule has 0 amide bonds. The minimum Gasteiger partial charge on any atom is -0.493 e. The molecule has 2 rings (SSSR count). The van der Waals surface area contributed by atoms with E-state index in [4.69, 9.17) is 32.7 Å². The van der Waals surface area contributed by atoms with Gasteiger partial charge in [-0.05, 0) is 36.7 Å². The standard InChI is InChI=1S/C19H23Cl2NO2/c1-3-4-10-22-12-15-6-5-7-18(23-2)19(15)24-13-14-8-9-16(20)17(21)11-14/h5-9,11,22H,3-4,10,12-13H2,1-2H3. The molecule has 0 aliphatic heterocycles. The van der Waals surface area contributed by atoms with Gasteiger partial charge in [0.05, 0.1) is 17.2 Å². The summed E-state index contributed by atoms with van der Waals surface area (Å²) >= 11 is 12.0. The summed E-state index contributed by atoms with van der Waals surface area (Å²) in [5, 5.41) is 4.50. The van der Waals surface area contributed by atoms with Crippen LogP contribution in [0.25, 0.3) is 0 Å². The summed E-state index contributed by atoms with van der Waals surface area (Å²) < 4.78 is 11.5. The Balaban J connectivity index is 2.09. The molecule has 2 aromatic carbocycles. The second-order valence-electron chi connectivity index (χ2n) is 5.52. The Morgan fingerprint density at radius 1 is 1.08 bits per heavy atom. The third-order valence-electron chi connectivity index (χ3n) is 3.67. The fourth-order valence-corrected chi connectivity index (χ4v) is 2.66. The summed E-state index contributed by atoms with van der Waals surface area (Å²) in [4.78, 5) is 0. The van der Waals surface area contributed by atoms with Crippen LogP contribution in [0, 0.1) is 0 Å². The maximum Gasteiger partial charge on any atom is 0.166 e. The van der Waals surface area contributed by atoms with Crippen molar-refractivity contribution in [1.82, 2.24) is 5.32 Å². The Morgan fingerprint density at radius 3 is 2.62 bits per heavy atom. The first-order valence-electron chi connectivity index (χ1n) is 8.09. The molecule has 0 aromatic heterocycles. The van der Waals surface area contributed by atoms with Gasteiger partial charge in [0, 0.05) is 12.1 Å². The van der Waals surface area contributed by atoms with Crippen LogP contribution in [-0.4, -0.2) is 13.7 Å². The molecule has 130 valence electrons. The minimum atomic E-state index is 0.402. The summed E-state index contributed by atoms with van der Waals surface area (Å²) in [7, 11) is 1.65. The van der Waals surface area contributed by atoms with Gasteiger partial charge in [-0.2, -0.15) is 0 Å². The lowest BCUT2D eigenvalue weighted by atomic mass is 10.1. The predicted octanol–water partition coefficient (Wildman–Crippen LogP) is 5.47. The number of rotatable bonds is 9. The van der Waals surface area contributed by atoms with Crippen molar-refractivity contribution in [3.05, 3.63) is 57.6 Å². The molecular weight excluding hydrogens is 345 g/mol. The Kier molecular flexibility index (Phi) is 7.70. The molecule has 3 nitrogen and oxygen atoms in total. The lowest BCUT2D eigenvalue weighted by Gasteiger charge is -2.16. The first kappa shape index (κ1) is 18.9. The van der Waals surface area contributed by atoms with Gasteiger partial charge in [-0.1, -0.05) is 54.7 Å². The summed E-state index contributed by atoms with van der Waals surface area (Å²) in [6.07, 6.45) is 2.33. The molecule has 0 saturated heterocycles. The summed E-state index contributed by atoms with van der Waals surface area (Å²) in [6, 6.07) is 11.4.